The molecule has 25 heavy (non-hydrogen) atoms. The molecule has 0 saturated heterocycles. The van der Waals surface area contributed by atoms with E-state index in [2.05, 4.69) is 10.5 Å². The molecule has 5 aliphatic rings. The largest absolute Gasteiger partial charge is 0.301 e. The molecule has 0 amide bonds. The fourth-order valence-corrected chi connectivity index (χ4v) is 7.29. The zero-order valence-corrected chi connectivity index (χ0v) is 13.2. The van der Waals surface area contributed by atoms with Gasteiger partial charge in [-0.3, -0.25) is 25.7 Å². The molecule has 1 aromatic rings. The predicted molar refractivity (Wildman–Crippen MR) is 88.0 cm³/mol. The van der Waals surface area contributed by atoms with Crippen molar-refractivity contribution in [2.75, 3.05) is 5.43 Å². The average Bonchev–Trinajstić information content (AvgIpc) is 3.12. The van der Waals surface area contributed by atoms with Crippen LogP contribution in [0.5, 0.6) is 0 Å². The van der Waals surface area contributed by atoms with E-state index in [0.717, 1.165) is 41.6 Å². The number of anilines is 1. The van der Waals surface area contributed by atoms with E-state index < -0.39 is 9.85 Å². The number of nitro groups is 2. The number of hydrogen-bond acceptors (Lipinski definition) is 6. The summed E-state index contributed by atoms with van der Waals surface area (Å²) in [4.78, 5) is 20.9. The zero-order valence-electron chi connectivity index (χ0n) is 13.2. The van der Waals surface area contributed by atoms with E-state index in [4.69, 9.17) is 0 Å². The SMILES string of the molecule is O=[N+]([O-])c1ccc(N/N=C2/C3C4CC5C2C2C3CC4C52)c([N+](=O)[O-])c1. The van der Waals surface area contributed by atoms with Crippen LogP contribution in [0.15, 0.2) is 23.3 Å². The van der Waals surface area contributed by atoms with Gasteiger partial charge in [0.25, 0.3) is 5.69 Å². The molecule has 5 aliphatic carbocycles. The Labute approximate surface area is 142 Å². The summed E-state index contributed by atoms with van der Waals surface area (Å²) in [6, 6.07) is 3.64. The fourth-order valence-electron chi connectivity index (χ4n) is 7.29. The van der Waals surface area contributed by atoms with E-state index in [0.29, 0.717) is 11.8 Å². The summed E-state index contributed by atoms with van der Waals surface area (Å²) in [5, 5.41) is 26.7. The Kier molecular flexibility index (Phi) is 2.29. The second-order valence-corrected chi connectivity index (χ2v) is 8.20. The zero-order chi connectivity index (χ0) is 17.0. The number of hydrogen-bond donors (Lipinski definition) is 1. The van der Waals surface area contributed by atoms with Crippen molar-refractivity contribution in [3.8, 4) is 0 Å². The molecule has 8 heteroatoms. The van der Waals surface area contributed by atoms with Crippen LogP contribution in [0.1, 0.15) is 12.8 Å². The van der Waals surface area contributed by atoms with Crippen molar-refractivity contribution in [3.05, 3.63) is 38.4 Å². The minimum Gasteiger partial charge on any atom is -0.272 e. The number of benzene rings is 1. The van der Waals surface area contributed by atoms with Gasteiger partial charge in [-0.2, -0.15) is 5.10 Å². The first-order chi connectivity index (χ1) is 12.1. The van der Waals surface area contributed by atoms with Gasteiger partial charge in [0.15, 0.2) is 0 Å². The summed E-state index contributed by atoms with van der Waals surface area (Å²) >= 11 is 0. The van der Waals surface area contributed by atoms with Gasteiger partial charge in [0.05, 0.1) is 15.9 Å². The van der Waals surface area contributed by atoms with Gasteiger partial charge in [0.2, 0.25) is 0 Å². The first kappa shape index (κ1) is 13.7. The van der Waals surface area contributed by atoms with Crippen molar-refractivity contribution in [1.29, 1.82) is 0 Å². The van der Waals surface area contributed by atoms with Crippen molar-refractivity contribution in [2.45, 2.75) is 12.8 Å². The molecule has 5 saturated carbocycles. The lowest BCUT2D eigenvalue weighted by molar-refractivity contribution is -0.393. The van der Waals surface area contributed by atoms with Gasteiger partial charge in [0, 0.05) is 23.6 Å². The molecule has 5 fully saturated rings. The van der Waals surface area contributed by atoms with E-state index >= 15 is 0 Å². The Balaban J connectivity index is 1.34. The Hall–Kier alpha value is -2.51. The molecule has 0 heterocycles. The van der Waals surface area contributed by atoms with E-state index in [9.17, 15) is 20.2 Å². The topological polar surface area (TPSA) is 111 Å². The molecular formula is C17H16N4O4. The minimum absolute atomic E-state index is 0.224. The van der Waals surface area contributed by atoms with E-state index in [-0.39, 0.29) is 17.1 Å². The third-order valence-electron chi connectivity index (χ3n) is 7.74. The van der Waals surface area contributed by atoms with Gasteiger partial charge >= 0.3 is 5.69 Å². The first-order valence-electron chi connectivity index (χ1n) is 8.82. The molecular weight excluding hydrogens is 324 g/mol. The lowest BCUT2D eigenvalue weighted by Gasteiger charge is -2.44. The van der Waals surface area contributed by atoms with Crippen LogP contribution in [0.4, 0.5) is 17.1 Å². The Morgan fingerprint density at radius 1 is 0.960 bits per heavy atom. The summed E-state index contributed by atoms with van der Waals surface area (Å²) in [6.07, 6.45) is 2.71. The molecule has 0 spiro atoms. The molecule has 0 aliphatic heterocycles. The highest BCUT2D eigenvalue weighted by Gasteiger charge is 2.79. The van der Waals surface area contributed by atoms with Crippen LogP contribution in [-0.4, -0.2) is 15.6 Å². The highest BCUT2D eigenvalue weighted by atomic mass is 16.6. The van der Waals surface area contributed by atoms with Crippen LogP contribution in [0.2, 0.25) is 0 Å². The molecule has 8 atom stereocenters. The van der Waals surface area contributed by atoms with Crippen LogP contribution < -0.4 is 5.43 Å². The van der Waals surface area contributed by atoms with Crippen molar-refractivity contribution in [3.63, 3.8) is 0 Å². The fraction of sp³-hybridized carbons (Fsp3) is 0.588. The molecule has 128 valence electrons. The van der Waals surface area contributed by atoms with Gasteiger partial charge in [0.1, 0.15) is 5.69 Å². The lowest BCUT2D eigenvalue weighted by atomic mass is 9.59. The van der Waals surface area contributed by atoms with Gasteiger partial charge in [-0.1, -0.05) is 0 Å². The summed E-state index contributed by atoms with van der Waals surface area (Å²) in [7, 11) is 0. The molecule has 0 radical (unpaired) electrons. The Bertz CT molecular complexity index is 877. The lowest BCUT2D eigenvalue weighted by Crippen LogP contribution is -2.44. The first-order valence-corrected chi connectivity index (χ1v) is 8.82. The van der Waals surface area contributed by atoms with Crippen LogP contribution >= 0.6 is 0 Å². The molecule has 8 unspecified atom stereocenters. The van der Waals surface area contributed by atoms with Gasteiger partial charge in [-0.25, -0.2) is 0 Å². The number of nitrogens with one attached hydrogen (secondary N) is 1. The number of nitrogens with zero attached hydrogens (tertiary/aromatic N) is 3. The normalized spacial score (nSPS) is 45.2. The van der Waals surface area contributed by atoms with Crippen LogP contribution in [0, 0.1) is 67.6 Å². The second kappa shape index (κ2) is 4.17. The summed E-state index contributed by atoms with van der Waals surface area (Å²) in [5.41, 5.74) is 3.73. The van der Waals surface area contributed by atoms with E-state index in [1.165, 1.54) is 30.7 Å². The van der Waals surface area contributed by atoms with Crippen LogP contribution in [-0.2, 0) is 0 Å². The van der Waals surface area contributed by atoms with Crippen molar-refractivity contribution >= 4 is 22.8 Å². The molecule has 8 nitrogen and oxygen atoms in total. The predicted octanol–water partition coefficient (Wildman–Crippen LogP) is 3.05. The van der Waals surface area contributed by atoms with E-state index in [1.54, 1.807) is 0 Å². The standard InChI is InChI=1S/C17H16N4O4/c22-20(23)6-1-2-11(12(3-6)21(24)25)18-19-17-14-8-5-9-13-7(8)4-10(14)15(13)16(9)17/h1-3,7-10,13-16,18H,4-5H2/b19-17-. The van der Waals surface area contributed by atoms with Crippen molar-refractivity contribution < 1.29 is 9.85 Å². The van der Waals surface area contributed by atoms with Crippen LogP contribution in [0.25, 0.3) is 0 Å². The Morgan fingerprint density at radius 3 is 2.48 bits per heavy atom. The van der Waals surface area contributed by atoms with Crippen molar-refractivity contribution in [2.24, 2.45) is 52.4 Å². The maximum Gasteiger partial charge on any atom is 0.301 e. The molecule has 2 bridgehead atoms. The number of rotatable bonds is 4. The molecule has 1 aromatic carbocycles. The smallest absolute Gasteiger partial charge is 0.272 e. The molecule has 1 N–H and O–H groups in total. The van der Waals surface area contributed by atoms with Gasteiger partial charge in [-0.15, -0.1) is 0 Å². The quantitative estimate of drug-likeness (QED) is 0.669. The molecule has 0 aromatic heterocycles. The number of non-ortho nitro benzene ring substituents is 1. The Morgan fingerprint density at radius 2 is 1.72 bits per heavy atom. The number of nitro benzene ring substituents is 2. The van der Waals surface area contributed by atoms with Gasteiger partial charge in [-0.05, 0) is 54.4 Å². The van der Waals surface area contributed by atoms with Crippen LogP contribution in [0.3, 0.4) is 0 Å². The monoisotopic (exact) mass is 340 g/mol. The van der Waals surface area contributed by atoms with Gasteiger partial charge < -0.3 is 0 Å². The maximum absolute atomic E-state index is 11.3. The third kappa shape index (κ3) is 1.43. The maximum atomic E-state index is 11.3. The minimum atomic E-state index is -0.627. The number of fused-ring (bicyclic) bond motifs is 2. The third-order valence-corrected chi connectivity index (χ3v) is 7.74. The molecule has 6 rings (SSSR count). The highest BCUT2D eigenvalue weighted by molar-refractivity contribution is 5.96. The summed E-state index contributed by atoms with van der Waals surface area (Å²) in [5.74, 6) is 6.15. The summed E-state index contributed by atoms with van der Waals surface area (Å²) < 4.78 is 0. The second-order valence-electron chi connectivity index (χ2n) is 8.20. The van der Waals surface area contributed by atoms with E-state index in [1.807, 2.05) is 0 Å². The number of hydrazone groups is 1. The highest BCUT2D eigenvalue weighted by Crippen LogP contribution is 2.81. The van der Waals surface area contributed by atoms with Crippen molar-refractivity contribution in [1.82, 2.24) is 0 Å². The summed E-state index contributed by atoms with van der Waals surface area (Å²) in [6.45, 7) is 0. The average molecular weight is 340 g/mol.